The fraction of sp³-hybridized carbons (Fsp3) is 1.00. The smallest absolute Gasteiger partial charge is 0.224 e. The molecule has 3 aliphatic rings. The van der Waals surface area contributed by atoms with Crippen LogP contribution in [-0.4, -0.2) is 56.0 Å². The van der Waals surface area contributed by atoms with E-state index in [1.165, 1.54) is 0 Å². The number of hydrogen-bond acceptors (Lipinski definition) is 6. The summed E-state index contributed by atoms with van der Waals surface area (Å²) in [5.41, 5.74) is 0. The van der Waals surface area contributed by atoms with E-state index in [0.29, 0.717) is 13.2 Å². The summed E-state index contributed by atoms with van der Waals surface area (Å²) in [6.45, 7) is 8.22. The molecule has 0 saturated carbocycles. The Morgan fingerprint density at radius 3 is 2.47 bits per heavy atom. The van der Waals surface area contributed by atoms with Crippen LogP contribution in [0.2, 0.25) is 0 Å². The lowest BCUT2D eigenvalue weighted by atomic mass is 9.97. The number of hydrogen-bond donors (Lipinski definition) is 0. The van der Waals surface area contributed by atoms with Gasteiger partial charge in [-0.25, -0.2) is 0 Å². The van der Waals surface area contributed by atoms with E-state index in [-0.39, 0.29) is 18.3 Å². The third-order valence-electron chi connectivity index (χ3n) is 3.62. The predicted octanol–water partition coefficient (Wildman–Crippen LogP) is 1.03. The van der Waals surface area contributed by atoms with Crippen LogP contribution in [0.1, 0.15) is 27.7 Å². The molecule has 3 heterocycles. The van der Waals surface area contributed by atoms with Crippen molar-refractivity contribution in [1.29, 1.82) is 0 Å². The summed E-state index contributed by atoms with van der Waals surface area (Å²) in [5, 5.41) is 0. The largest absolute Gasteiger partial charge is 0.379 e. The van der Waals surface area contributed by atoms with Crippen molar-refractivity contribution in [3.63, 3.8) is 0 Å². The van der Waals surface area contributed by atoms with Gasteiger partial charge < -0.3 is 28.4 Å². The molecule has 3 rings (SSSR count). The zero-order chi connectivity index (χ0) is 13.9. The van der Waals surface area contributed by atoms with Gasteiger partial charge >= 0.3 is 0 Å². The van der Waals surface area contributed by atoms with Crippen LogP contribution in [0.3, 0.4) is 0 Å². The third kappa shape index (κ3) is 2.20. The van der Waals surface area contributed by atoms with Gasteiger partial charge in [0.1, 0.15) is 24.9 Å². The van der Waals surface area contributed by atoms with Gasteiger partial charge in [-0.05, 0) is 27.7 Å². The van der Waals surface area contributed by atoms with Crippen LogP contribution >= 0.6 is 0 Å². The van der Waals surface area contributed by atoms with E-state index in [9.17, 15) is 0 Å². The molecule has 3 fully saturated rings. The van der Waals surface area contributed by atoms with Crippen LogP contribution in [0.25, 0.3) is 0 Å². The monoisotopic (exact) mass is 274 g/mol. The van der Waals surface area contributed by atoms with E-state index in [4.69, 9.17) is 28.4 Å². The first kappa shape index (κ1) is 13.7. The quantitative estimate of drug-likeness (QED) is 0.749. The van der Waals surface area contributed by atoms with E-state index in [1.807, 2.05) is 27.7 Å². The van der Waals surface area contributed by atoms with Crippen molar-refractivity contribution >= 4 is 0 Å². The molecular formula is C13H22O6. The first-order chi connectivity index (χ1) is 8.77. The summed E-state index contributed by atoms with van der Waals surface area (Å²) < 4.78 is 34.9. The molecule has 6 heteroatoms. The normalized spacial score (nSPS) is 46.9. The summed E-state index contributed by atoms with van der Waals surface area (Å²) in [5.74, 6) is -2.27. The second-order valence-corrected chi connectivity index (χ2v) is 6.23. The average molecular weight is 274 g/mol. The summed E-state index contributed by atoms with van der Waals surface area (Å²) in [6.07, 6.45) is -0.703. The number of fused-ring (bicyclic) bond motifs is 3. The molecule has 0 aromatic rings. The number of ether oxygens (including phenoxy) is 6. The molecule has 0 amide bonds. The molecule has 0 aromatic carbocycles. The van der Waals surface area contributed by atoms with Crippen molar-refractivity contribution in [3.8, 4) is 0 Å². The Bertz CT molecular complexity index is 368. The summed E-state index contributed by atoms with van der Waals surface area (Å²) in [6, 6.07) is 0. The van der Waals surface area contributed by atoms with Crippen molar-refractivity contribution in [2.45, 2.75) is 63.4 Å². The molecule has 6 nitrogen and oxygen atoms in total. The van der Waals surface area contributed by atoms with E-state index in [0.717, 1.165) is 0 Å². The van der Waals surface area contributed by atoms with Gasteiger partial charge in [0.15, 0.2) is 11.6 Å². The van der Waals surface area contributed by atoms with Crippen molar-refractivity contribution in [2.24, 2.45) is 0 Å². The molecule has 0 radical (unpaired) electrons. The Balaban J connectivity index is 1.89. The second kappa shape index (κ2) is 4.13. The lowest BCUT2D eigenvalue weighted by Crippen LogP contribution is -2.60. The lowest BCUT2D eigenvalue weighted by molar-refractivity contribution is -0.296. The lowest BCUT2D eigenvalue weighted by Gasteiger charge is -2.40. The summed E-state index contributed by atoms with van der Waals surface area (Å²) in [7, 11) is 1.62. The molecule has 0 bridgehead atoms. The van der Waals surface area contributed by atoms with Crippen LogP contribution < -0.4 is 0 Å². The van der Waals surface area contributed by atoms with Crippen molar-refractivity contribution in [3.05, 3.63) is 0 Å². The third-order valence-corrected chi connectivity index (χ3v) is 3.62. The van der Waals surface area contributed by atoms with Crippen LogP contribution in [0.4, 0.5) is 0 Å². The van der Waals surface area contributed by atoms with Gasteiger partial charge in [0.05, 0.1) is 6.61 Å². The highest BCUT2D eigenvalue weighted by molar-refractivity contribution is 5.03. The molecule has 3 unspecified atom stereocenters. The number of methoxy groups -OCH3 is 1. The van der Waals surface area contributed by atoms with Crippen LogP contribution in [0.5, 0.6) is 0 Å². The topological polar surface area (TPSA) is 55.4 Å². The van der Waals surface area contributed by atoms with Gasteiger partial charge in [-0.3, -0.25) is 0 Å². The minimum atomic E-state index is -0.913. The van der Waals surface area contributed by atoms with E-state index < -0.39 is 17.4 Å². The maximum atomic E-state index is 5.98. The highest BCUT2D eigenvalue weighted by atomic mass is 16.9. The SMILES string of the molecule is COC[C@@]12OCC3OC(C)(C)OC3C1OC(C)(C)O2. The standard InChI is InChI=1S/C13H22O6/c1-11(2)16-8-6-15-13(7-14-5)10(9(8)17-11)18-12(3,4)19-13/h8-10H,6-7H2,1-5H3/t8?,9?,10?,13-/m0/s1. The maximum Gasteiger partial charge on any atom is 0.224 e. The molecule has 3 saturated heterocycles. The Morgan fingerprint density at radius 2 is 1.79 bits per heavy atom. The molecule has 0 N–H and O–H groups in total. The first-order valence-corrected chi connectivity index (χ1v) is 6.63. The minimum absolute atomic E-state index is 0.137. The van der Waals surface area contributed by atoms with Gasteiger partial charge in [0.2, 0.25) is 5.79 Å². The van der Waals surface area contributed by atoms with E-state index >= 15 is 0 Å². The second-order valence-electron chi connectivity index (χ2n) is 6.23. The molecule has 3 aliphatic heterocycles. The molecule has 0 aliphatic carbocycles. The van der Waals surface area contributed by atoms with Gasteiger partial charge in [-0.1, -0.05) is 0 Å². The van der Waals surface area contributed by atoms with E-state index in [2.05, 4.69) is 0 Å². The fourth-order valence-electron chi connectivity index (χ4n) is 3.15. The van der Waals surface area contributed by atoms with Crippen molar-refractivity contribution < 1.29 is 28.4 Å². The minimum Gasteiger partial charge on any atom is -0.379 e. The molecule has 19 heavy (non-hydrogen) atoms. The molecular weight excluding hydrogens is 252 g/mol. The van der Waals surface area contributed by atoms with Gasteiger partial charge in [-0.2, -0.15) is 0 Å². The predicted molar refractivity (Wildman–Crippen MR) is 64.4 cm³/mol. The molecule has 4 atom stereocenters. The highest BCUT2D eigenvalue weighted by Crippen LogP contribution is 2.47. The molecule has 0 aromatic heterocycles. The molecule has 0 spiro atoms. The Hall–Kier alpha value is -0.240. The first-order valence-electron chi connectivity index (χ1n) is 6.63. The van der Waals surface area contributed by atoms with Crippen molar-refractivity contribution in [1.82, 2.24) is 0 Å². The zero-order valence-corrected chi connectivity index (χ0v) is 12.1. The van der Waals surface area contributed by atoms with E-state index in [1.54, 1.807) is 7.11 Å². The van der Waals surface area contributed by atoms with Gasteiger partial charge in [0, 0.05) is 7.11 Å². The zero-order valence-electron chi connectivity index (χ0n) is 12.1. The van der Waals surface area contributed by atoms with Crippen LogP contribution in [0, 0.1) is 0 Å². The fourth-order valence-corrected chi connectivity index (χ4v) is 3.15. The average Bonchev–Trinajstić information content (AvgIpc) is 2.71. The van der Waals surface area contributed by atoms with Gasteiger partial charge in [-0.15, -0.1) is 0 Å². The summed E-state index contributed by atoms with van der Waals surface area (Å²) in [4.78, 5) is 0. The highest BCUT2D eigenvalue weighted by Gasteiger charge is 2.65. The number of rotatable bonds is 2. The van der Waals surface area contributed by atoms with Crippen LogP contribution in [0.15, 0.2) is 0 Å². The van der Waals surface area contributed by atoms with Crippen molar-refractivity contribution in [2.75, 3.05) is 20.3 Å². The summed E-state index contributed by atoms with van der Waals surface area (Å²) >= 11 is 0. The van der Waals surface area contributed by atoms with Gasteiger partial charge in [0.25, 0.3) is 0 Å². The Kier molecular flexibility index (Phi) is 2.98. The molecule has 110 valence electrons. The Labute approximate surface area is 113 Å². The maximum absolute atomic E-state index is 5.98. The van der Waals surface area contributed by atoms with Crippen LogP contribution in [-0.2, 0) is 28.4 Å². The Morgan fingerprint density at radius 1 is 1.05 bits per heavy atom.